The Labute approximate surface area is 195 Å². The Morgan fingerprint density at radius 2 is 1.71 bits per heavy atom. The predicted octanol–water partition coefficient (Wildman–Crippen LogP) is 3.15. The highest BCUT2D eigenvalue weighted by Gasteiger charge is 2.20. The zero-order valence-electron chi connectivity index (χ0n) is 18.5. The maximum atomic E-state index is 13.0. The Kier molecular flexibility index (Phi) is 6.92. The van der Waals surface area contributed by atoms with Crippen LogP contribution in [0.5, 0.6) is 0 Å². The number of aromatic nitrogens is 3. The Balaban J connectivity index is 1.65. The van der Waals surface area contributed by atoms with Crippen LogP contribution in [0, 0.1) is 0 Å². The molecular weight excluding hydrogens is 434 g/mol. The van der Waals surface area contributed by atoms with Gasteiger partial charge in [-0.05, 0) is 18.6 Å². The summed E-state index contributed by atoms with van der Waals surface area (Å²) >= 11 is 0. The molecule has 0 saturated heterocycles. The van der Waals surface area contributed by atoms with Crippen molar-refractivity contribution in [1.29, 1.82) is 0 Å². The van der Waals surface area contributed by atoms with Crippen molar-refractivity contribution < 1.29 is 19.1 Å². The number of hydrogen-bond acceptors (Lipinski definition) is 6. The standard InChI is InChI=1S/C25H23N5O4/c1-2-26-25(33)29-22(31)16-34-24(32)19-13-21(18-11-7-4-8-12-18)28-23-20(19)14-27-30(23)15-17-9-5-3-6-10-17/h3-14H,2,15-16H2,1H3,(H2,26,29,31,33). The minimum atomic E-state index is -0.729. The van der Waals surface area contributed by atoms with Crippen LogP contribution in [-0.2, 0) is 16.1 Å². The molecule has 0 saturated carbocycles. The number of ether oxygens (including phenoxy) is 1. The van der Waals surface area contributed by atoms with Gasteiger partial charge in [0.1, 0.15) is 0 Å². The van der Waals surface area contributed by atoms with E-state index in [1.165, 1.54) is 0 Å². The number of carbonyl (C=O) groups is 3. The molecule has 0 atom stereocenters. The van der Waals surface area contributed by atoms with Crippen molar-refractivity contribution in [3.63, 3.8) is 0 Å². The number of fused-ring (bicyclic) bond motifs is 1. The minimum Gasteiger partial charge on any atom is -0.452 e. The Hall–Kier alpha value is -4.53. The van der Waals surface area contributed by atoms with Gasteiger partial charge in [0.2, 0.25) is 0 Å². The summed E-state index contributed by atoms with van der Waals surface area (Å²) in [6.45, 7) is 1.96. The summed E-state index contributed by atoms with van der Waals surface area (Å²) in [5.74, 6) is -1.44. The Bertz CT molecular complexity index is 1320. The van der Waals surface area contributed by atoms with E-state index in [-0.39, 0.29) is 5.56 Å². The SMILES string of the molecule is CCNC(=O)NC(=O)COC(=O)c1cc(-c2ccccc2)nc2c1cnn2Cc1ccccc1. The van der Waals surface area contributed by atoms with Crippen molar-refractivity contribution in [2.45, 2.75) is 13.5 Å². The molecule has 0 aliphatic rings. The van der Waals surface area contributed by atoms with E-state index in [0.29, 0.717) is 29.8 Å². The number of amides is 3. The lowest BCUT2D eigenvalue weighted by Gasteiger charge is -2.10. The summed E-state index contributed by atoms with van der Waals surface area (Å²) in [5.41, 5.74) is 3.17. The maximum Gasteiger partial charge on any atom is 0.339 e. The lowest BCUT2D eigenvalue weighted by Crippen LogP contribution is -2.41. The zero-order valence-corrected chi connectivity index (χ0v) is 18.5. The molecule has 2 aromatic heterocycles. The van der Waals surface area contributed by atoms with E-state index in [4.69, 9.17) is 9.72 Å². The number of nitrogens with one attached hydrogen (secondary N) is 2. The number of carbonyl (C=O) groups excluding carboxylic acids is 3. The van der Waals surface area contributed by atoms with Gasteiger partial charge in [-0.15, -0.1) is 0 Å². The van der Waals surface area contributed by atoms with E-state index in [1.807, 2.05) is 60.7 Å². The molecule has 0 unspecified atom stereocenters. The maximum absolute atomic E-state index is 13.0. The third kappa shape index (κ3) is 5.26. The van der Waals surface area contributed by atoms with Gasteiger partial charge in [0.15, 0.2) is 12.3 Å². The summed E-state index contributed by atoms with van der Waals surface area (Å²) in [4.78, 5) is 41.2. The summed E-state index contributed by atoms with van der Waals surface area (Å²) in [6, 6.07) is 20.2. The second kappa shape index (κ2) is 10.4. The summed E-state index contributed by atoms with van der Waals surface area (Å²) < 4.78 is 6.92. The summed E-state index contributed by atoms with van der Waals surface area (Å²) in [5, 5.41) is 9.48. The lowest BCUT2D eigenvalue weighted by atomic mass is 10.1. The van der Waals surface area contributed by atoms with E-state index in [2.05, 4.69) is 15.7 Å². The van der Waals surface area contributed by atoms with Crippen LogP contribution in [0.2, 0.25) is 0 Å². The molecule has 0 spiro atoms. The van der Waals surface area contributed by atoms with Crippen LogP contribution in [0.3, 0.4) is 0 Å². The van der Waals surface area contributed by atoms with Crippen LogP contribution in [0.15, 0.2) is 72.9 Å². The fourth-order valence-corrected chi connectivity index (χ4v) is 3.42. The molecule has 4 rings (SSSR count). The molecule has 9 heteroatoms. The predicted molar refractivity (Wildman–Crippen MR) is 126 cm³/mol. The topological polar surface area (TPSA) is 115 Å². The molecule has 0 fully saturated rings. The third-order valence-corrected chi connectivity index (χ3v) is 5.00. The number of nitrogens with zero attached hydrogens (tertiary/aromatic N) is 3. The van der Waals surface area contributed by atoms with Gasteiger partial charge in [-0.3, -0.25) is 10.1 Å². The molecule has 172 valence electrons. The van der Waals surface area contributed by atoms with Crippen LogP contribution < -0.4 is 10.6 Å². The molecule has 3 amide bonds. The quantitative estimate of drug-likeness (QED) is 0.412. The van der Waals surface area contributed by atoms with Crippen LogP contribution in [0.1, 0.15) is 22.8 Å². The van der Waals surface area contributed by atoms with Crippen molar-refractivity contribution in [2.75, 3.05) is 13.2 Å². The van der Waals surface area contributed by atoms with Crippen molar-refractivity contribution in [3.8, 4) is 11.3 Å². The Morgan fingerprint density at radius 1 is 1.00 bits per heavy atom. The molecule has 0 radical (unpaired) electrons. The van der Waals surface area contributed by atoms with Crippen LogP contribution in [0.4, 0.5) is 4.79 Å². The molecule has 9 nitrogen and oxygen atoms in total. The van der Waals surface area contributed by atoms with Crippen LogP contribution in [0.25, 0.3) is 22.3 Å². The van der Waals surface area contributed by atoms with Gasteiger partial charge >= 0.3 is 12.0 Å². The fourth-order valence-electron chi connectivity index (χ4n) is 3.42. The third-order valence-electron chi connectivity index (χ3n) is 5.00. The molecule has 2 N–H and O–H groups in total. The number of benzene rings is 2. The molecule has 0 aliphatic carbocycles. The van der Waals surface area contributed by atoms with E-state index in [9.17, 15) is 14.4 Å². The smallest absolute Gasteiger partial charge is 0.339 e. The van der Waals surface area contributed by atoms with Crippen molar-refractivity contribution in [1.82, 2.24) is 25.4 Å². The Morgan fingerprint density at radius 3 is 2.41 bits per heavy atom. The van der Waals surface area contributed by atoms with E-state index in [1.54, 1.807) is 23.9 Å². The number of urea groups is 1. The largest absolute Gasteiger partial charge is 0.452 e. The average Bonchev–Trinajstić information content (AvgIpc) is 3.26. The monoisotopic (exact) mass is 457 g/mol. The van der Waals surface area contributed by atoms with Gasteiger partial charge in [0.05, 0.1) is 29.4 Å². The number of hydrogen-bond donors (Lipinski definition) is 2. The van der Waals surface area contributed by atoms with Crippen molar-refractivity contribution >= 4 is 28.9 Å². The second-order valence-electron chi connectivity index (χ2n) is 7.43. The molecule has 2 heterocycles. The highest BCUT2D eigenvalue weighted by Crippen LogP contribution is 2.26. The van der Waals surface area contributed by atoms with Gasteiger partial charge in [0, 0.05) is 12.1 Å². The molecule has 0 bridgehead atoms. The van der Waals surface area contributed by atoms with Gasteiger partial charge < -0.3 is 10.1 Å². The molecular formula is C25H23N5O4. The highest BCUT2D eigenvalue weighted by molar-refractivity contribution is 6.04. The molecule has 0 aliphatic heterocycles. The molecule has 2 aromatic carbocycles. The zero-order chi connectivity index (χ0) is 23.9. The van der Waals surface area contributed by atoms with Gasteiger partial charge in [0.25, 0.3) is 5.91 Å². The van der Waals surface area contributed by atoms with E-state index >= 15 is 0 Å². The van der Waals surface area contributed by atoms with Crippen LogP contribution >= 0.6 is 0 Å². The second-order valence-corrected chi connectivity index (χ2v) is 7.43. The molecule has 34 heavy (non-hydrogen) atoms. The van der Waals surface area contributed by atoms with E-state index < -0.39 is 24.5 Å². The lowest BCUT2D eigenvalue weighted by molar-refractivity contribution is -0.123. The summed E-state index contributed by atoms with van der Waals surface area (Å²) in [6.07, 6.45) is 1.56. The number of rotatable bonds is 7. The first-order valence-corrected chi connectivity index (χ1v) is 10.8. The first-order valence-electron chi connectivity index (χ1n) is 10.8. The first-order chi connectivity index (χ1) is 16.5. The number of imide groups is 1. The normalized spacial score (nSPS) is 10.6. The minimum absolute atomic E-state index is 0.231. The number of pyridine rings is 1. The average molecular weight is 457 g/mol. The fraction of sp³-hybridized carbons (Fsp3) is 0.160. The van der Waals surface area contributed by atoms with Crippen molar-refractivity contribution in [3.05, 3.63) is 84.1 Å². The molecule has 4 aromatic rings. The summed E-state index contributed by atoms with van der Waals surface area (Å²) in [7, 11) is 0. The van der Waals surface area contributed by atoms with E-state index in [0.717, 1.165) is 11.1 Å². The first kappa shape index (κ1) is 22.7. The van der Waals surface area contributed by atoms with Gasteiger partial charge in [-0.2, -0.15) is 5.10 Å². The highest BCUT2D eigenvalue weighted by atomic mass is 16.5. The van der Waals surface area contributed by atoms with Crippen molar-refractivity contribution in [2.24, 2.45) is 0 Å². The van der Waals surface area contributed by atoms with Gasteiger partial charge in [-0.25, -0.2) is 19.3 Å². The van der Waals surface area contributed by atoms with Gasteiger partial charge in [-0.1, -0.05) is 60.7 Å². The number of esters is 1. The van der Waals surface area contributed by atoms with Crippen LogP contribution in [-0.4, -0.2) is 45.8 Å².